The van der Waals surface area contributed by atoms with E-state index in [0.717, 1.165) is 72.1 Å². The SMILES string of the molecule is c1ccc(-c2ccc(N(c3ccc(-c4cccc5ccccc45)cc3)c3ccc4sc5ccc(-c6cccc7oc8ccc9c%10ccccc%10oc9c8c67)cc5c4c3)cc2)cc1. The van der Waals surface area contributed by atoms with E-state index in [9.17, 15) is 0 Å². The van der Waals surface area contributed by atoms with Gasteiger partial charge in [-0.2, -0.15) is 0 Å². The van der Waals surface area contributed by atoms with Gasteiger partial charge in [0.2, 0.25) is 0 Å². The number of benzene rings is 10. The predicted octanol–water partition coefficient (Wildman–Crippen LogP) is 17.5. The van der Waals surface area contributed by atoms with Gasteiger partial charge in [0.05, 0.1) is 5.39 Å². The summed E-state index contributed by atoms with van der Waals surface area (Å²) in [6.45, 7) is 0. The molecule has 0 unspecified atom stereocenters. The minimum Gasteiger partial charge on any atom is -0.456 e. The molecule has 0 spiro atoms. The zero-order valence-corrected chi connectivity index (χ0v) is 34.2. The van der Waals surface area contributed by atoms with Gasteiger partial charge in [0.15, 0.2) is 0 Å². The van der Waals surface area contributed by atoms with Crippen LogP contribution in [0.15, 0.2) is 221 Å². The molecule has 0 amide bonds. The predicted molar refractivity (Wildman–Crippen MR) is 262 cm³/mol. The summed E-state index contributed by atoms with van der Waals surface area (Å²) in [5.74, 6) is 0. The van der Waals surface area contributed by atoms with E-state index in [1.54, 1.807) is 0 Å². The van der Waals surface area contributed by atoms with Crippen molar-refractivity contribution in [2.45, 2.75) is 0 Å². The molecule has 13 aromatic rings. The molecule has 290 valence electrons. The molecule has 13 rings (SSSR count). The molecule has 62 heavy (non-hydrogen) atoms. The zero-order valence-electron chi connectivity index (χ0n) is 33.4. The van der Waals surface area contributed by atoms with Gasteiger partial charge >= 0.3 is 0 Å². The summed E-state index contributed by atoms with van der Waals surface area (Å²) in [4.78, 5) is 2.38. The second-order valence-corrected chi connectivity index (χ2v) is 17.1. The average Bonchev–Trinajstić information content (AvgIpc) is 4.03. The normalized spacial score (nSPS) is 11.9. The lowest BCUT2D eigenvalue weighted by molar-refractivity contribution is 0.663. The Morgan fingerprint density at radius 1 is 0.323 bits per heavy atom. The van der Waals surface area contributed by atoms with Crippen LogP contribution in [0.25, 0.3) is 108 Å². The maximum absolute atomic E-state index is 6.56. The van der Waals surface area contributed by atoms with Crippen LogP contribution in [0.2, 0.25) is 0 Å². The molecule has 0 aliphatic heterocycles. The maximum Gasteiger partial charge on any atom is 0.147 e. The molecule has 4 heteroatoms. The summed E-state index contributed by atoms with van der Waals surface area (Å²) >= 11 is 1.84. The molecule has 3 aromatic heterocycles. The van der Waals surface area contributed by atoms with Gasteiger partial charge < -0.3 is 13.7 Å². The van der Waals surface area contributed by atoms with Crippen molar-refractivity contribution in [3.05, 3.63) is 212 Å². The summed E-state index contributed by atoms with van der Waals surface area (Å²) in [5.41, 5.74) is 13.8. The van der Waals surface area contributed by atoms with E-state index in [4.69, 9.17) is 8.83 Å². The maximum atomic E-state index is 6.56. The molecule has 3 heterocycles. The summed E-state index contributed by atoms with van der Waals surface area (Å²) in [6, 6.07) is 76.3. The van der Waals surface area contributed by atoms with Crippen LogP contribution < -0.4 is 4.90 Å². The van der Waals surface area contributed by atoms with Gasteiger partial charge in [-0.15, -0.1) is 11.3 Å². The number of nitrogens with zero attached hydrogens (tertiary/aromatic N) is 1. The van der Waals surface area contributed by atoms with Crippen molar-refractivity contribution in [3.8, 4) is 33.4 Å². The smallest absolute Gasteiger partial charge is 0.147 e. The average molecular weight is 810 g/mol. The van der Waals surface area contributed by atoms with Gasteiger partial charge in [0, 0.05) is 53.4 Å². The molecule has 10 aromatic carbocycles. The highest BCUT2D eigenvalue weighted by atomic mass is 32.1. The van der Waals surface area contributed by atoms with Gasteiger partial charge in [-0.1, -0.05) is 133 Å². The highest BCUT2D eigenvalue weighted by Gasteiger charge is 2.21. The van der Waals surface area contributed by atoms with E-state index in [1.165, 1.54) is 53.2 Å². The molecule has 0 bridgehead atoms. The monoisotopic (exact) mass is 809 g/mol. The third kappa shape index (κ3) is 5.51. The number of hydrogen-bond acceptors (Lipinski definition) is 4. The number of anilines is 3. The van der Waals surface area contributed by atoms with Crippen molar-refractivity contribution >= 4 is 103 Å². The van der Waals surface area contributed by atoms with E-state index in [2.05, 4.69) is 205 Å². The van der Waals surface area contributed by atoms with Crippen LogP contribution in [-0.2, 0) is 0 Å². The Hall–Kier alpha value is -7.92. The third-order valence-corrected chi connectivity index (χ3v) is 13.6. The Labute approximate surface area is 360 Å². The van der Waals surface area contributed by atoms with Crippen LogP contribution >= 0.6 is 11.3 Å². The number of hydrogen-bond donors (Lipinski definition) is 0. The molecule has 0 aliphatic rings. The molecule has 0 radical (unpaired) electrons. The van der Waals surface area contributed by atoms with E-state index < -0.39 is 0 Å². The standard InChI is InChI=1S/C58H35NO2S/c1-2-10-36(11-3-1)37-20-25-41(26-21-37)59(42-27-22-39(23-28-42)45-16-8-13-38-12-4-5-14-44(38)45)43-29-33-55-50(35-43)49-34-40(24-32-54(49)62-55)46-17-9-19-52-56(46)57-53(60-52)31-30-48-47-15-6-7-18-51(47)61-58(48)57/h1-35H. The summed E-state index contributed by atoms with van der Waals surface area (Å²) < 4.78 is 15.6. The Morgan fingerprint density at radius 2 is 0.919 bits per heavy atom. The minimum absolute atomic E-state index is 0.827. The lowest BCUT2D eigenvalue weighted by atomic mass is 9.97. The molecule has 0 aliphatic carbocycles. The fourth-order valence-electron chi connectivity index (χ4n) is 9.55. The van der Waals surface area contributed by atoms with Crippen molar-refractivity contribution in [1.82, 2.24) is 0 Å². The highest BCUT2D eigenvalue weighted by Crippen LogP contribution is 2.46. The lowest BCUT2D eigenvalue weighted by Crippen LogP contribution is -2.09. The Kier molecular flexibility index (Phi) is 7.78. The van der Waals surface area contributed by atoms with Gasteiger partial charge in [-0.25, -0.2) is 0 Å². The van der Waals surface area contributed by atoms with Crippen molar-refractivity contribution in [2.75, 3.05) is 4.90 Å². The number of para-hydroxylation sites is 1. The number of thiophene rings is 1. The van der Waals surface area contributed by atoms with Crippen molar-refractivity contribution in [2.24, 2.45) is 0 Å². The van der Waals surface area contributed by atoms with Crippen LogP contribution in [0.3, 0.4) is 0 Å². The first-order chi connectivity index (χ1) is 30.7. The van der Waals surface area contributed by atoms with Crippen LogP contribution in [0.5, 0.6) is 0 Å². The fourth-order valence-corrected chi connectivity index (χ4v) is 10.6. The summed E-state index contributed by atoms with van der Waals surface area (Å²) in [5, 5.41) is 9.25. The number of fused-ring (bicyclic) bond motifs is 11. The van der Waals surface area contributed by atoms with Crippen molar-refractivity contribution < 1.29 is 8.83 Å². The van der Waals surface area contributed by atoms with E-state index in [-0.39, 0.29) is 0 Å². The third-order valence-electron chi connectivity index (χ3n) is 12.5. The van der Waals surface area contributed by atoms with Gasteiger partial charge in [-0.05, 0) is 123 Å². The molecule has 0 fully saturated rings. The van der Waals surface area contributed by atoms with Crippen LogP contribution in [0, 0.1) is 0 Å². The Bertz CT molecular complexity index is 3850. The number of furan rings is 2. The first-order valence-electron chi connectivity index (χ1n) is 21.0. The molecule has 0 N–H and O–H groups in total. The van der Waals surface area contributed by atoms with E-state index in [1.807, 2.05) is 23.5 Å². The highest BCUT2D eigenvalue weighted by molar-refractivity contribution is 7.25. The van der Waals surface area contributed by atoms with Crippen LogP contribution in [-0.4, -0.2) is 0 Å². The first-order valence-corrected chi connectivity index (χ1v) is 21.8. The van der Waals surface area contributed by atoms with Gasteiger partial charge in [0.1, 0.15) is 22.3 Å². The Morgan fingerprint density at radius 3 is 1.76 bits per heavy atom. The summed E-state index contributed by atoms with van der Waals surface area (Å²) in [6.07, 6.45) is 0. The fraction of sp³-hybridized carbons (Fsp3) is 0. The molecule has 3 nitrogen and oxygen atoms in total. The molecular formula is C58H35NO2S. The molecule has 0 saturated heterocycles. The molecule has 0 saturated carbocycles. The topological polar surface area (TPSA) is 29.5 Å². The van der Waals surface area contributed by atoms with Gasteiger partial charge in [0.25, 0.3) is 0 Å². The summed E-state index contributed by atoms with van der Waals surface area (Å²) in [7, 11) is 0. The Balaban J connectivity index is 0.962. The molecule has 0 atom stereocenters. The first kappa shape index (κ1) is 34.9. The van der Waals surface area contributed by atoms with Crippen molar-refractivity contribution in [1.29, 1.82) is 0 Å². The minimum atomic E-state index is 0.827. The van der Waals surface area contributed by atoms with Gasteiger partial charge in [-0.3, -0.25) is 0 Å². The largest absolute Gasteiger partial charge is 0.456 e. The second-order valence-electron chi connectivity index (χ2n) is 16.0. The van der Waals surface area contributed by atoms with Crippen molar-refractivity contribution in [3.63, 3.8) is 0 Å². The number of rotatable bonds is 6. The van der Waals surface area contributed by atoms with E-state index in [0.29, 0.717) is 0 Å². The van der Waals surface area contributed by atoms with E-state index >= 15 is 0 Å². The quantitative estimate of drug-likeness (QED) is 0.168. The molecular weight excluding hydrogens is 775 g/mol. The lowest BCUT2D eigenvalue weighted by Gasteiger charge is -2.26. The second kappa shape index (κ2) is 13.8. The van der Waals surface area contributed by atoms with Crippen LogP contribution in [0.1, 0.15) is 0 Å². The van der Waals surface area contributed by atoms with Crippen LogP contribution in [0.4, 0.5) is 17.1 Å². The zero-order chi connectivity index (χ0) is 40.7.